The number of ether oxygens (including phenoxy) is 1. The average molecular weight is 313 g/mol. The van der Waals surface area contributed by atoms with Crippen molar-refractivity contribution >= 4 is 23.2 Å². The minimum absolute atomic E-state index is 0.230. The second-order valence-corrected chi connectivity index (χ2v) is 6.62. The smallest absolute Gasteiger partial charge is 0.410 e. The molecule has 0 spiro atoms. The van der Waals surface area contributed by atoms with E-state index in [4.69, 9.17) is 4.74 Å². The highest BCUT2D eigenvalue weighted by atomic mass is 16.6. The van der Waals surface area contributed by atoms with Gasteiger partial charge in [-0.2, -0.15) is 0 Å². The fraction of sp³-hybridized carbons (Fsp3) is 0.368. The highest BCUT2D eigenvalue weighted by molar-refractivity contribution is 5.83. The van der Waals surface area contributed by atoms with Crippen LogP contribution in [0.4, 0.5) is 4.79 Å². The van der Waals surface area contributed by atoms with Gasteiger partial charge in [0, 0.05) is 13.5 Å². The van der Waals surface area contributed by atoms with E-state index in [1.165, 1.54) is 4.90 Å². The first kappa shape index (κ1) is 17.0. The Balaban J connectivity index is 2.31. The molecular formula is C19H23NO3. The lowest BCUT2D eigenvalue weighted by atomic mass is 9.99. The summed E-state index contributed by atoms with van der Waals surface area (Å²) in [6.45, 7) is 5.47. The molecule has 0 aliphatic heterocycles. The van der Waals surface area contributed by atoms with Gasteiger partial charge in [-0.3, -0.25) is 0 Å². The van der Waals surface area contributed by atoms with Crippen LogP contribution in [0, 0.1) is 0 Å². The van der Waals surface area contributed by atoms with Crippen molar-refractivity contribution in [3.63, 3.8) is 0 Å². The molecule has 23 heavy (non-hydrogen) atoms. The Morgan fingerprint density at radius 1 is 1.17 bits per heavy atom. The third kappa shape index (κ3) is 4.31. The molecule has 0 N–H and O–H groups in total. The molecule has 122 valence electrons. The van der Waals surface area contributed by atoms with Gasteiger partial charge in [0.25, 0.3) is 0 Å². The number of rotatable bonds is 4. The van der Waals surface area contributed by atoms with Crippen molar-refractivity contribution in [3.05, 3.63) is 48.0 Å². The van der Waals surface area contributed by atoms with Crippen molar-refractivity contribution in [1.82, 2.24) is 4.90 Å². The summed E-state index contributed by atoms with van der Waals surface area (Å²) < 4.78 is 5.41. The molecule has 0 aliphatic carbocycles. The zero-order valence-corrected chi connectivity index (χ0v) is 14.1. The van der Waals surface area contributed by atoms with Crippen LogP contribution in [-0.4, -0.2) is 29.9 Å². The first-order valence-corrected chi connectivity index (χ1v) is 7.70. The normalized spacial score (nSPS) is 12.7. The molecule has 4 nitrogen and oxygen atoms in total. The molecule has 1 atom stereocenters. The molecule has 0 saturated heterocycles. The lowest BCUT2D eigenvalue weighted by Crippen LogP contribution is -2.36. The summed E-state index contributed by atoms with van der Waals surface area (Å²) in [5.41, 5.74) is 0.352. The third-order valence-electron chi connectivity index (χ3n) is 3.63. The second-order valence-electron chi connectivity index (χ2n) is 6.62. The maximum absolute atomic E-state index is 12.3. The number of carbonyl (C=O) groups is 2. The second kappa shape index (κ2) is 6.82. The molecule has 0 aromatic heterocycles. The van der Waals surface area contributed by atoms with E-state index in [0.29, 0.717) is 0 Å². The molecule has 2 aromatic rings. The fourth-order valence-electron chi connectivity index (χ4n) is 2.49. The van der Waals surface area contributed by atoms with Gasteiger partial charge in [-0.1, -0.05) is 36.4 Å². The van der Waals surface area contributed by atoms with Crippen molar-refractivity contribution < 1.29 is 14.3 Å². The van der Waals surface area contributed by atoms with Gasteiger partial charge in [-0.05, 0) is 43.2 Å². The van der Waals surface area contributed by atoms with Crippen LogP contribution in [0.15, 0.2) is 42.5 Å². The van der Waals surface area contributed by atoms with Crippen LogP contribution in [0.2, 0.25) is 0 Å². The number of nitrogens with zero attached hydrogens (tertiary/aromatic N) is 1. The van der Waals surface area contributed by atoms with Crippen LogP contribution in [-0.2, 0) is 9.53 Å². The Labute approximate surface area is 137 Å². The first-order chi connectivity index (χ1) is 10.8. The van der Waals surface area contributed by atoms with Crippen LogP contribution in [0.5, 0.6) is 0 Å². The van der Waals surface area contributed by atoms with E-state index in [-0.39, 0.29) is 12.5 Å². The van der Waals surface area contributed by atoms with Gasteiger partial charge in [-0.25, -0.2) is 4.79 Å². The van der Waals surface area contributed by atoms with Gasteiger partial charge < -0.3 is 14.4 Å². The molecule has 0 saturated carbocycles. The van der Waals surface area contributed by atoms with E-state index in [2.05, 4.69) is 0 Å². The van der Waals surface area contributed by atoms with Crippen LogP contribution >= 0.6 is 0 Å². The van der Waals surface area contributed by atoms with Crippen molar-refractivity contribution in [2.45, 2.75) is 38.8 Å². The Bertz CT molecular complexity index is 703. The molecule has 0 bridgehead atoms. The maximum atomic E-state index is 12.3. The lowest BCUT2D eigenvalue weighted by Gasteiger charge is -2.30. The van der Waals surface area contributed by atoms with Crippen LogP contribution < -0.4 is 0 Å². The van der Waals surface area contributed by atoms with E-state index in [1.807, 2.05) is 63.2 Å². The lowest BCUT2D eigenvalue weighted by molar-refractivity contribution is -0.108. The summed E-state index contributed by atoms with van der Waals surface area (Å²) in [5.74, 6) is 0. The van der Waals surface area contributed by atoms with E-state index in [9.17, 15) is 9.59 Å². The minimum atomic E-state index is -0.569. The summed E-state index contributed by atoms with van der Waals surface area (Å²) in [4.78, 5) is 24.9. The topological polar surface area (TPSA) is 46.6 Å². The van der Waals surface area contributed by atoms with E-state index in [1.54, 1.807) is 7.05 Å². The van der Waals surface area contributed by atoms with E-state index < -0.39 is 11.7 Å². The number of aldehydes is 1. The van der Waals surface area contributed by atoms with E-state index in [0.717, 1.165) is 22.6 Å². The zero-order valence-electron chi connectivity index (χ0n) is 14.1. The number of fused-ring (bicyclic) bond motifs is 1. The monoisotopic (exact) mass is 313 g/mol. The first-order valence-electron chi connectivity index (χ1n) is 7.70. The highest BCUT2D eigenvalue weighted by Gasteiger charge is 2.26. The predicted octanol–water partition coefficient (Wildman–Crippen LogP) is 4.34. The number of carbonyl (C=O) groups excluding carboxylic acids is 2. The van der Waals surface area contributed by atoms with Crippen LogP contribution in [0.1, 0.15) is 38.8 Å². The minimum Gasteiger partial charge on any atom is -0.444 e. The molecule has 0 radical (unpaired) electrons. The van der Waals surface area contributed by atoms with Gasteiger partial charge in [0.1, 0.15) is 11.9 Å². The molecule has 2 aromatic carbocycles. The molecule has 0 heterocycles. The summed E-state index contributed by atoms with van der Waals surface area (Å²) in [6.07, 6.45) is 0.631. The Morgan fingerprint density at radius 3 is 2.43 bits per heavy atom. The average Bonchev–Trinajstić information content (AvgIpc) is 2.50. The predicted molar refractivity (Wildman–Crippen MR) is 91.4 cm³/mol. The zero-order chi connectivity index (χ0) is 17.0. The number of hydrogen-bond donors (Lipinski definition) is 0. The van der Waals surface area contributed by atoms with Crippen molar-refractivity contribution in [2.75, 3.05) is 7.05 Å². The van der Waals surface area contributed by atoms with Crippen LogP contribution in [0.3, 0.4) is 0 Å². The summed E-state index contributed by atoms with van der Waals surface area (Å²) in [5, 5.41) is 2.21. The number of benzene rings is 2. The standard InChI is InChI=1S/C19H23NO3/c1-19(2,3)23-18(22)20(4)17(11-12-21)16-10-9-14-7-5-6-8-15(14)13-16/h5-10,12-13,17H,11H2,1-4H3/t17-/m1/s1. The van der Waals surface area contributed by atoms with Gasteiger partial charge in [-0.15, -0.1) is 0 Å². The molecule has 4 heteroatoms. The van der Waals surface area contributed by atoms with Gasteiger partial charge in [0.05, 0.1) is 6.04 Å². The fourth-order valence-corrected chi connectivity index (χ4v) is 2.49. The quantitative estimate of drug-likeness (QED) is 0.789. The van der Waals surface area contributed by atoms with E-state index >= 15 is 0 Å². The molecule has 0 unspecified atom stereocenters. The summed E-state index contributed by atoms with van der Waals surface area (Å²) in [6, 6.07) is 13.6. The molecule has 0 aliphatic rings. The molecular weight excluding hydrogens is 290 g/mol. The Morgan fingerprint density at radius 2 is 1.83 bits per heavy atom. The molecule has 0 fully saturated rings. The third-order valence-corrected chi connectivity index (χ3v) is 3.63. The van der Waals surface area contributed by atoms with Gasteiger partial charge in [0.15, 0.2) is 0 Å². The largest absolute Gasteiger partial charge is 0.444 e. The SMILES string of the molecule is CN(C(=O)OC(C)(C)C)[C@H](CC=O)c1ccc2ccccc2c1. The Hall–Kier alpha value is -2.36. The van der Waals surface area contributed by atoms with Crippen LogP contribution in [0.25, 0.3) is 10.8 Å². The number of hydrogen-bond acceptors (Lipinski definition) is 3. The Kier molecular flexibility index (Phi) is 5.04. The summed E-state index contributed by atoms with van der Waals surface area (Å²) in [7, 11) is 1.66. The van der Waals surface area contributed by atoms with Gasteiger partial charge in [0.2, 0.25) is 0 Å². The highest BCUT2D eigenvalue weighted by Crippen LogP contribution is 2.27. The molecule has 2 rings (SSSR count). The van der Waals surface area contributed by atoms with Crippen molar-refractivity contribution in [1.29, 1.82) is 0 Å². The maximum Gasteiger partial charge on any atom is 0.410 e. The molecule has 1 amide bonds. The summed E-state index contributed by atoms with van der Waals surface area (Å²) >= 11 is 0. The number of amides is 1. The van der Waals surface area contributed by atoms with Gasteiger partial charge >= 0.3 is 6.09 Å². The van der Waals surface area contributed by atoms with Crippen molar-refractivity contribution in [3.8, 4) is 0 Å². The van der Waals surface area contributed by atoms with Crippen molar-refractivity contribution in [2.24, 2.45) is 0 Å².